The van der Waals surface area contributed by atoms with Gasteiger partial charge in [-0.15, -0.1) is 0 Å². The average molecular weight is 398 g/mol. The summed E-state index contributed by atoms with van der Waals surface area (Å²) < 4.78 is 27.7. The van der Waals surface area contributed by atoms with Crippen molar-refractivity contribution in [3.05, 3.63) is 59.8 Å². The van der Waals surface area contributed by atoms with E-state index in [2.05, 4.69) is 20.9 Å². The third-order valence-corrected chi connectivity index (χ3v) is 5.31. The van der Waals surface area contributed by atoms with E-state index in [1.807, 2.05) is 0 Å². The van der Waals surface area contributed by atoms with Gasteiger partial charge in [0.25, 0.3) is 5.91 Å². The van der Waals surface area contributed by atoms with Crippen molar-refractivity contribution in [1.82, 2.24) is 4.90 Å². The maximum atomic E-state index is 14.4. The topological polar surface area (TPSA) is 56.4 Å². The summed E-state index contributed by atoms with van der Waals surface area (Å²) in [4.78, 5) is 14.5. The summed E-state index contributed by atoms with van der Waals surface area (Å²) in [5, 5.41) is 8.73. The van der Waals surface area contributed by atoms with Crippen molar-refractivity contribution < 1.29 is 13.6 Å². The number of rotatable bonds is 6. The Bertz CT molecular complexity index is 938. The fourth-order valence-electron chi connectivity index (χ4n) is 3.75. The predicted octanol–water partition coefficient (Wildman–Crippen LogP) is 4.27. The molecule has 2 aromatic rings. The number of benzene rings is 2. The van der Waals surface area contributed by atoms with E-state index in [9.17, 15) is 13.6 Å². The molecule has 3 N–H and O–H groups in total. The Balaban J connectivity index is 1.37. The number of amides is 1. The molecule has 2 heterocycles. The van der Waals surface area contributed by atoms with Gasteiger partial charge in [0, 0.05) is 30.5 Å². The van der Waals surface area contributed by atoms with Crippen LogP contribution in [0.15, 0.2) is 42.6 Å². The van der Waals surface area contributed by atoms with Crippen molar-refractivity contribution in [2.45, 2.75) is 19.3 Å². The molecule has 0 unspecified atom stereocenters. The van der Waals surface area contributed by atoms with Gasteiger partial charge in [-0.1, -0.05) is 6.42 Å². The molecule has 2 aromatic carbocycles. The Labute approximate surface area is 168 Å². The summed E-state index contributed by atoms with van der Waals surface area (Å²) >= 11 is 0. The lowest BCUT2D eigenvalue weighted by atomic mass is 10.1. The maximum Gasteiger partial charge on any atom is 0.257 e. The van der Waals surface area contributed by atoms with E-state index in [-0.39, 0.29) is 11.7 Å². The Morgan fingerprint density at radius 1 is 1.07 bits per heavy atom. The first-order valence-corrected chi connectivity index (χ1v) is 9.94. The molecule has 7 heteroatoms. The summed E-state index contributed by atoms with van der Waals surface area (Å²) in [6, 6.07) is 8.95. The van der Waals surface area contributed by atoms with E-state index in [0.29, 0.717) is 34.7 Å². The number of nitrogens with zero attached hydrogens (tertiary/aromatic N) is 1. The van der Waals surface area contributed by atoms with Gasteiger partial charge in [0.05, 0.1) is 16.9 Å². The number of fused-ring (bicyclic) bond motifs is 1. The van der Waals surface area contributed by atoms with Crippen LogP contribution in [0.5, 0.6) is 0 Å². The Morgan fingerprint density at radius 2 is 1.90 bits per heavy atom. The van der Waals surface area contributed by atoms with Crippen LogP contribution >= 0.6 is 0 Å². The third-order valence-electron chi connectivity index (χ3n) is 5.31. The fraction of sp³-hybridized carbons (Fsp3) is 0.318. The van der Waals surface area contributed by atoms with Crippen LogP contribution in [0.1, 0.15) is 24.8 Å². The molecule has 152 valence electrons. The summed E-state index contributed by atoms with van der Waals surface area (Å²) in [7, 11) is 0. The number of hydrogen-bond acceptors (Lipinski definition) is 4. The molecule has 1 fully saturated rings. The van der Waals surface area contributed by atoms with Gasteiger partial charge in [-0.2, -0.15) is 0 Å². The number of hydrogen-bond donors (Lipinski definition) is 3. The maximum absolute atomic E-state index is 14.4. The highest BCUT2D eigenvalue weighted by molar-refractivity contribution is 6.31. The first-order chi connectivity index (χ1) is 14.1. The molecule has 0 atom stereocenters. The summed E-state index contributed by atoms with van der Waals surface area (Å²) in [5.74, 6) is -1.09. The molecule has 0 bridgehead atoms. The second kappa shape index (κ2) is 8.61. The van der Waals surface area contributed by atoms with Gasteiger partial charge in [-0.3, -0.25) is 4.79 Å². The van der Waals surface area contributed by atoms with Gasteiger partial charge >= 0.3 is 0 Å². The molecule has 0 radical (unpaired) electrons. The van der Waals surface area contributed by atoms with E-state index in [1.165, 1.54) is 43.7 Å². The van der Waals surface area contributed by atoms with Gasteiger partial charge in [0.15, 0.2) is 0 Å². The van der Waals surface area contributed by atoms with Crippen molar-refractivity contribution in [1.29, 1.82) is 0 Å². The predicted molar refractivity (Wildman–Crippen MR) is 112 cm³/mol. The lowest BCUT2D eigenvalue weighted by molar-refractivity contribution is -0.110. The highest BCUT2D eigenvalue weighted by Gasteiger charge is 2.24. The minimum atomic E-state index is -0.413. The fourth-order valence-corrected chi connectivity index (χ4v) is 3.75. The van der Waals surface area contributed by atoms with Gasteiger partial charge in [0.1, 0.15) is 11.6 Å². The zero-order chi connectivity index (χ0) is 20.2. The number of anilines is 3. The number of likely N-dealkylation sites (tertiary alicyclic amines) is 1. The number of nitrogens with one attached hydrogen (secondary N) is 3. The zero-order valence-electron chi connectivity index (χ0n) is 16.1. The van der Waals surface area contributed by atoms with Crippen LogP contribution in [-0.2, 0) is 4.79 Å². The monoisotopic (exact) mass is 398 g/mol. The zero-order valence-corrected chi connectivity index (χ0v) is 16.1. The van der Waals surface area contributed by atoms with Crippen LogP contribution in [0.2, 0.25) is 0 Å². The molecular formula is C22H24F2N4O. The van der Waals surface area contributed by atoms with Crippen molar-refractivity contribution in [2.75, 3.05) is 42.1 Å². The largest absolute Gasteiger partial charge is 0.381 e. The van der Waals surface area contributed by atoms with E-state index < -0.39 is 5.82 Å². The van der Waals surface area contributed by atoms with Gasteiger partial charge < -0.3 is 20.9 Å². The van der Waals surface area contributed by atoms with Crippen LogP contribution < -0.4 is 16.0 Å². The van der Waals surface area contributed by atoms with Crippen molar-refractivity contribution in [3.63, 3.8) is 0 Å². The van der Waals surface area contributed by atoms with Gasteiger partial charge in [-0.25, -0.2) is 8.78 Å². The van der Waals surface area contributed by atoms with E-state index >= 15 is 0 Å². The van der Waals surface area contributed by atoms with Crippen LogP contribution in [0, 0.1) is 11.6 Å². The van der Waals surface area contributed by atoms with E-state index in [0.717, 1.165) is 19.6 Å². The van der Waals surface area contributed by atoms with Gasteiger partial charge in [0.2, 0.25) is 0 Å². The molecule has 2 aliphatic heterocycles. The van der Waals surface area contributed by atoms with Crippen LogP contribution in [0.4, 0.5) is 25.8 Å². The number of carbonyl (C=O) groups excluding carboxylic acids is 1. The summed E-state index contributed by atoms with van der Waals surface area (Å²) in [6.45, 7) is 3.83. The quantitative estimate of drug-likeness (QED) is 0.636. The van der Waals surface area contributed by atoms with E-state index in [1.54, 1.807) is 18.2 Å². The molecular weight excluding hydrogens is 374 g/mol. The number of piperidine rings is 1. The number of halogens is 2. The Hall–Kier alpha value is -2.93. The minimum Gasteiger partial charge on any atom is -0.381 e. The minimum absolute atomic E-state index is 0.324. The highest BCUT2D eigenvalue weighted by Crippen LogP contribution is 2.32. The lowest BCUT2D eigenvalue weighted by Crippen LogP contribution is -2.33. The average Bonchev–Trinajstić information content (AvgIpc) is 3.02. The smallest absolute Gasteiger partial charge is 0.257 e. The molecule has 2 aliphatic rings. The molecule has 1 saturated heterocycles. The molecule has 4 rings (SSSR count). The highest BCUT2D eigenvalue weighted by atomic mass is 19.1. The molecule has 0 aromatic heterocycles. The first-order valence-electron chi connectivity index (χ1n) is 9.94. The van der Waals surface area contributed by atoms with Gasteiger partial charge in [-0.05, 0) is 62.3 Å². The second-order valence-corrected chi connectivity index (χ2v) is 7.37. The molecule has 29 heavy (non-hydrogen) atoms. The normalized spacial score (nSPS) is 17.9. The van der Waals surface area contributed by atoms with Crippen LogP contribution in [-0.4, -0.2) is 37.0 Å². The van der Waals surface area contributed by atoms with Crippen LogP contribution in [0.25, 0.3) is 5.57 Å². The lowest BCUT2D eigenvalue weighted by Gasteiger charge is -2.26. The molecule has 0 saturated carbocycles. The number of carbonyl (C=O) groups is 1. The van der Waals surface area contributed by atoms with Crippen molar-refractivity contribution >= 4 is 28.5 Å². The first kappa shape index (κ1) is 19.4. The summed E-state index contributed by atoms with van der Waals surface area (Å²) in [5.41, 5.74) is 2.41. The standard InChI is InChI=1S/C22H24F2N4O/c23-15-4-6-17-18(22(29)27-21(17)12-15)14-26-16-5-7-20(19(24)13-16)25-8-11-28-9-2-1-3-10-28/h4-7,12-14,25-26H,1-3,8-11H2,(H,27,29)/b18-14+. The molecule has 0 spiro atoms. The second-order valence-electron chi connectivity index (χ2n) is 7.37. The van der Waals surface area contributed by atoms with Crippen molar-refractivity contribution in [2.24, 2.45) is 0 Å². The molecule has 5 nitrogen and oxygen atoms in total. The SMILES string of the molecule is O=C1Nc2cc(F)ccc2/C1=C\Nc1ccc(NCCN2CCCCC2)c(F)c1. The summed E-state index contributed by atoms with van der Waals surface area (Å²) in [6.07, 6.45) is 5.29. The third kappa shape index (κ3) is 4.56. The van der Waals surface area contributed by atoms with E-state index in [4.69, 9.17) is 0 Å². The van der Waals surface area contributed by atoms with Crippen LogP contribution in [0.3, 0.4) is 0 Å². The Kier molecular flexibility index (Phi) is 5.76. The molecule has 1 amide bonds. The molecule has 0 aliphatic carbocycles. The van der Waals surface area contributed by atoms with Crippen molar-refractivity contribution in [3.8, 4) is 0 Å². The Morgan fingerprint density at radius 3 is 2.69 bits per heavy atom.